The molecule has 6 heteroatoms. The van der Waals surface area contributed by atoms with Crippen molar-refractivity contribution in [3.8, 4) is 0 Å². The first-order chi connectivity index (χ1) is 40.5. The number of allylic oxidation sites excluding steroid dienone is 26. The van der Waals surface area contributed by atoms with Gasteiger partial charge < -0.3 is 14.2 Å². The predicted octanol–water partition coefficient (Wildman–Crippen LogP) is 23.3. The van der Waals surface area contributed by atoms with Crippen molar-refractivity contribution >= 4 is 17.9 Å². The van der Waals surface area contributed by atoms with Crippen molar-refractivity contribution < 1.29 is 28.6 Å². The van der Waals surface area contributed by atoms with Gasteiger partial charge in [-0.15, -0.1) is 0 Å². The Hall–Kier alpha value is -4.97. The van der Waals surface area contributed by atoms with Gasteiger partial charge in [-0.25, -0.2) is 0 Å². The van der Waals surface area contributed by atoms with Gasteiger partial charge in [0.15, 0.2) is 6.10 Å². The Morgan fingerprint density at radius 1 is 0.256 bits per heavy atom. The van der Waals surface area contributed by atoms with Crippen molar-refractivity contribution in [3.05, 3.63) is 158 Å². The molecule has 6 nitrogen and oxygen atoms in total. The molecule has 0 radical (unpaired) electrons. The molecule has 0 bridgehead atoms. The molecule has 0 aromatic rings. The molecule has 0 N–H and O–H groups in total. The van der Waals surface area contributed by atoms with Crippen molar-refractivity contribution in [2.24, 2.45) is 0 Å². The van der Waals surface area contributed by atoms with E-state index >= 15 is 0 Å². The summed E-state index contributed by atoms with van der Waals surface area (Å²) < 4.78 is 16.9. The van der Waals surface area contributed by atoms with Crippen LogP contribution in [-0.2, 0) is 28.6 Å². The standard InChI is InChI=1S/C76H122O6/c1-4-7-10-13-16-19-22-25-28-31-33-35-36-37-38-39-40-41-43-45-48-51-54-57-60-63-66-69-75(78)81-72-73(71-80-74(77)68-65-62-59-56-53-50-47-44-30-27-24-21-18-15-12-9-6-3)82-76(79)70-67-64-61-58-55-52-49-46-42-34-32-29-26-23-20-17-14-11-8-5-2/h7,9-10,12,16,18-19,21,25,27-28,30,33,35,37-38,40-41,45,47-48,50,54,56-57,59,73H,4-6,8,11,13-15,17,20,22-24,26,29,31-32,34,36,39,42-44,46,49,51-53,55,58,60-72H2,1-3H3/b10-7-,12-9-,19-16-,21-18-,28-25-,30-27-,35-33-,38-37-,41-40-,48-45-,50-47-,57-54-,59-56-. The first-order valence-corrected chi connectivity index (χ1v) is 33.5. The molecule has 0 rings (SSSR count). The largest absolute Gasteiger partial charge is 0.462 e. The fraction of sp³-hybridized carbons (Fsp3) is 0.618. The molecule has 0 amide bonds. The van der Waals surface area contributed by atoms with Gasteiger partial charge in [-0.05, 0) is 122 Å². The van der Waals surface area contributed by atoms with E-state index < -0.39 is 6.10 Å². The van der Waals surface area contributed by atoms with Crippen LogP contribution in [0.1, 0.15) is 284 Å². The van der Waals surface area contributed by atoms with Gasteiger partial charge in [0.2, 0.25) is 0 Å². The van der Waals surface area contributed by atoms with Gasteiger partial charge in [-0.1, -0.05) is 301 Å². The molecular formula is C76H122O6. The van der Waals surface area contributed by atoms with Crippen LogP contribution < -0.4 is 0 Å². The molecule has 1 unspecified atom stereocenters. The highest BCUT2D eigenvalue weighted by Gasteiger charge is 2.19. The molecule has 0 heterocycles. The zero-order valence-electron chi connectivity index (χ0n) is 52.9. The topological polar surface area (TPSA) is 78.9 Å². The van der Waals surface area contributed by atoms with E-state index in [0.717, 1.165) is 122 Å². The normalized spacial score (nSPS) is 13.2. The summed E-state index contributed by atoms with van der Waals surface area (Å²) in [7, 11) is 0. The fourth-order valence-electron chi connectivity index (χ4n) is 8.85. The third-order valence-electron chi connectivity index (χ3n) is 13.8. The number of hydrogen-bond donors (Lipinski definition) is 0. The predicted molar refractivity (Wildman–Crippen MR) is 357 cm³/mol. The molecule has 0 spiro atoms. The highest BCUT2D eigenvalue weighted by molar-refractivity contribution is 5.71. The molecule has 0 aliphatic carbocycles. The second-order valence-electron chi connectivity index (χ2n) is 21.6. The van der Waals surface area contributed by atoms with Crippen LogP contribution in [0.5, 0.6) is 0 Å². The molecule has 0 saturated carbocycles. The van der Waals surface area contributed by atoms with Crippen LogP contribution in [0.4, 0.5) is 0 Å². The SMILES string of the molecule is CC/C=C\C/C=C\C/C=C\C/C=C\C/C=C\C/C=C\C/C=C\C/C=C\CCCCC(=O)OCC(COC(=O)CCC/C=C\C/C=C\C/C=C\C/C=C\C/C=C\CC)OC(=O)CCCCCCCCCCCCCCCCCCCCCC. The summed E-state index contributed by atoms with van der Waals surface area (Å²) in [5.41, 5.74) is 0. The Kier molecular flexibility index (Phi) is 64.4. The van der Waals surface area contributed by atoms with E-state index in [-0.39, 0.29) is 44.0 Å². The summed E-state index contributed by atoms with van der Waals surface area (Å²) in [6.45, 7) is 6.34. The maximum Gasteiger partial charge on any atom is 0.306 e. The summed E-state index contributed by atoms with van der Waals surface area (Å²) in [6, 6.07) is 0. The Balaban J connectivity index is 4.52. The Morgan fingerprint density at radius 3 is 0.793 bits per heavy atom. The van der Waals surface area contributed by atoms with Gasteiger partial charge in [0, 0.05) is 19.3 Å². The molecule has 462 valence electrons. The molecule has 0 aromatic carbocycles. The van der Waals surface area contributed by atoms with Gasteiger partial charge in [0.1, 0.15) is 13.2 Å². The molecule has 0 aliphatic rings. The zero-order chi connectivity index (χ0) is 59.2. The van der Waals surface area contributed by atoms with Crippen molar-refractivity contribution in [2.75, 3.05) is 13.2 Å². The number of esters is 3. The van der Waals surface area contributed by atoms with Gasteiger partial charge in [0.25, 0.3) is 0 Å². The van der Waals surface area contributed by atoms with Gasteiger partial charge in [-0.2, -0.15) is 0 Å². The van der Waals surface area contributed by atoms with Gasteiger partial charge in [-0.3, -0.25) is 14.4 Å². The summed E-state index contributed by atoms with van der Waals surface area (Å²) in [5.74, 6) is -1.02. The molecule has 1 atom stereocenters. The average molecular weight is 1130 g/mol. The lowest BCUT2D eigenvalue weighted by Crippen LogP contribution is -2.30. The van der Waals surface area contributed by atoms with E-state index in [1.54, 1.807) is 0 Å². The van der Waals surface area contributed by atoms with Crippen LogP contribution in [0.3, 0.4) is 0 Å². The lowest BCUT2D eigenvalue weighted by Gasteiger charge is -2.18. The Labute approximate surface area is 505 Å². The number of ether oxygens (including phenoxy) is 3. The lowest BCUT2D eigenvalue weighted by molar-refractivity contribution is -0.167. The van der Waals surface area contributed by atoms with E-state index in [1.807, 2.05) is 0 Å². The molecule has 0 aromatic heterocycles. The minimum atomic E-state index is -0.827. The van der Waals surface area contributed by atoms with Gasteiger partial charge >= 0.3 is 17.9 Å². The highest BCUT2D eigenvalue weighted by Crippen LogP contribution is 2.16. The van der Waals surface area contributed by atoms with E-state index in [1.165, 1.54) is 109 Å². The van der Waals surface area contributed by atoms with Crippen molar-refractivity contribution in [1.29, 1.82) is 0 Å². The van der Waals surface area contributed by atoms with Crippen LogP contribution in [0.25, 0.3) is 0 Å². The van der Waals surface area contributed by atoms with Gasteiger partial charge in [0.05, 0.1) is 0 Å². The summed E-state index contributed by atoms with van der Waals surface area (Å²) in [4.78, 5) is 38.4. The maximum atomic E-state index is 12.9. The quantitative estimate of drug-likeness (QED) is 0.0261. The first-order valence-electron chi connectivity index (χ1n) is 33.5. The molecule has 82 heavy (non-hydrogen) atoms. The second-order valence-corrected chi connectivity index (χ2v) is 21.6. The Bertz CT molecular complexity index is 1830. The number of hydrogen-bond acceptors (Lipinski definition) is 6. The minimum Gasteiger partial charge on any atom is -0.462 e. The van der Waals surface area contributed by atoms with Crippen molar-refractivity contribution in [2.45, 2.75) is 290 Å². The number of unbranched alkanes of at least 4 members (excludes halogenated alkanes) is 22. The molecule has 0 aliphatic heterocycles. The van der Waals surface area contributed by atoms with Crippen LogP contribution >= 0.6 is 0 Å². The number of carbonyl (C=O) groups is 3. The van der Waals surface area contributed by atoms with E-state index in [2.05, 4.69) is 179 Å². The van der Waals surface area contributed by atoms with Crippen LogP contribution in [0.15, 0.2) is 158 Å². The summed E-state index contributed by atoms with van der Waals surface area (Å²) in [6.07, 6.45) is 99.8. The smallest absolute Gasteiger partial charge is 0.306 e. The van der Waals surface area contributed by atoms with Crippen LogP contribution in [0.2, 0.25) is 0 Å². The minimum absolute atomic E-state index is 0.123. The third kappa shape index (κ3) is 65.8. The van der Waals surface area contributed by atoms with E-state index in [0.29, 0.717) is 19.3 Å². The Morgan fingerprint density at radius 2 is 0.488 bits per heavy atom. The molecule has 0 fully saturated rings. The molecule has 0 saturated heterocycles. The fourth-order valence-corrected chi connectivity index (χ4v) is 8.85. The van der Waals surface area contributed by atoms with Crippen molar-refractivity contribution in [3.63, 3.8) is 0 Å². The first kappa shape index (κ1) is 77.0. The average Bonchev–Trinajstić information content (AvgIpc) is 3.47. The van der Waals surface area contributed by atoms with Crippen LogP contribution in [-0.4, -0.2) is 37.2 Å². The zero-order valence-corrected chi connectivity index (χ0v) is 52.9. The highest BCUT2D eigenvalue weighted by atomic mass is 16.6. The third-order valence-corrected chi connectivity index (χ3v) is 13.8. The van der Waals surface area contributed by atoms with Crippen molar-refractivity contribution in [1.82, 2.24) is 0 Å². The van der Waals surface area contributed by atoms with E-state index in [4.69, 9.17) is 14.2 Å². The van der Waals surface area contributed by atoms with Crippen LogP contribution in [0, 0.1) is 0 Å². The second kappa shape index (κ2) is 68.5. The lowest BCUT2D eigenvalue weighted by atomic mass is 10.0. The maximum absolute atomic E-state index is 12.9. The summed E-state index contributed by atoms with van der Waals surface area (Å²) in [5, 5.41) is 0. The number of rotatable bonds is 59. The van der Waals surface area contributed by atoms with E-state index in [9.17, 15) is 14.4 Å². The monoisotopic (exact) mass is 1130 g/mol. The molecular weight excluding hydrogens is 1010 g/mol. The number of carbonyl (C=O) groups excluding carboxylic acids is 3. The summed E-state index contributed by atoms with van der Waals surface area (Å²) >= 11 is 0.